The van der Waals surface area contributed by atoms with Gasteiger partial charge < -0.3 is 10.6 Å². The molecule has 2 rings (SSSR count). The second kappa shape index (κ2) is 8.86. The molecule has 0 aromatic heterocycles. The molecule has 2 atom stereocenters. The zero-order chi connectivity index (χ0) is 13.4. The van der Waals surface area contributed by atoms with Crippen molar-refractivity contribution < 1.29 is 0 Å². The average Bonchev–Trinajstić information content (AvgIpc) is 2.41. The van der Waals surface area contributed by atoms with Crippen molar-refractivity contribution in [1.29, 1.82) is 0 Å². The Balaban J connectivity index is 0.000000180. The van der Waals surface area contributed by atoms with E-state index in [1.807, 2.05) is 0 Å². The Labute approximate surface area is 113 Å². The monoisotopic (exact) mass is 256 g/mol. The molecule has 0 aliphatic carbocycles. The highest BCUT2D eigenvalue weighted by Crippen LogP contribution is 2.00. The summed E-state index contributed by atoms with van der Waals surface area (Å²) in [6.07, 6.45) is 0. The minimum absolute atomic E-state index is 0.740. The first kappa shape index (κ1) is 15.9. The van der Waals surface area contributed by atoms with E-state index in [1.54, 1.807) is 0 Å². The number of rotatable bonds is 2. The van der Waals surface area contributed by atoms with E-state index >= 15 is 0 Å². The van der Waals surface area contributed by atoms with Crippen LogP contribution in [0, 0.1) is 0 Å². The number of nitrogens with one attached hydrogen (secondary N) is 2. The van der Waals surface area contributed by atoms with Crippen molar-refractivity contribution >= 4 is 0 Å². The van der Waals surface area contributed by atoms with Crippen LogP contribution >= 0.6 is 0 Å². The van der Waals surface area contributed by atoms with Gasteiger partial charge in [0.15, 0.2) is 0 Å². The second-order valence-corrected chi connectivity index (χ2v) is 5.36. The first-order valence-corrected chi connectivity index (χ1v) is 7.58. The van der Waals surface area contributed by atoms with Crippen LogP contribution in [0.1, 0.15) is 27.7 Å². The van der Waals surface area contributed by atoms with Gasteiger partial charge in [-0.15, -0.1) is 0 Å². The molecule has 18 heavy (non-hydrogen) atoms. The highest BCUT2D eigenvalue weighted by atomic mass is 15.2. The van der Waals surface area contributed by atoms with E-state index < -0.39 is 0 Å². The van der Waals surface area contributed by atoms with Crippen molar-refractivity contribution in [3.05, 3.63) is 0 Å². The fraction of sp³-hybridized carbons (Fsp3) is 1.00. The van der Waals surface area contributed by atoms with Gasteiger partial charge in [0, 0.05) is 51.4 Å². The molecule has 4 heteroatoms. The molecule has 1 unspecified atom stereocenters. The Kier molecular flexibility index (Phi) is 7.82. The lowest BCUT2D eigenvalue weighted by atomic mass is 10.2. The smallest absolute Gasteiger partial charge is 0.0192 e. The van der Waals surface area contributed by atoms with E-state index in [2.05, 4.69) is 48.1 Å². The number of hydrogen-bond acceptors (Lipinski definition) is 4. The van der Waals surface area contributed by atoms with Gasteiger partial charge in [-0.3, -0.25) is 9.80 Å². The van der Waals surface area contributed by atoms with Crippen molar-refractivity contribution in [3.8, 4) is 0 Å². The Morgan fingerprint density at radius 3 is 1.44 bits per heavy atom. The number of hydrogen-bond donors (Lipinski definition) is 2. The van der Waals surface area contributed by atoms with Gasteiger partial charge in [0.1, 0.15) is 0 Å². The number of nitrogens with zero attached hydrogens (tertiary/aromatic N) is 2. The SMILES string of the molecule is CCN1CCNCC1C.CCN1CCNC[C@@H]1C. The first-order valence-electron chi connectivity index (χ1n) is 7.58. The summed E-state index contributed by atoms with van der Waals surface area (Å²) in [5, 5.41) is 6.71. The van der Waals surface area contributed by atoms with Crippen molar-refractivity contribution in [2.75, 3.05) is 52.4 Å². The molecule has 0 saturated carbocycles. The molecule has 0 aromatic carbocycles. The van der Waals surface area contributed by atoms with Gasteiger partial charge >= 0.3 is 0 Å². The van der Waals surface area contributed by atoms with Crippen LogP contribution in [0.5, 0.6) is 0 Å². The van der Waals surface area contributed by atoms with Crippen LogP contribution in [-0.2, 0) is 0 Å². The zero-order valence-electron chi connectivity index (χ0n) is 12.7. The van der Waals surface area contributed by atoms with Gasteiger partial charge in [0.05, 0.1) is 0 Å². The third-order valence-corrected chi connectivity index (χ3v) is 4.09. The van der Waals surface area contributed by atoms with Crippen LogP contribution in [0.2, 0.25) is 0 Å². The van der Waals surface area contributed by atoms with Crippen LogP contribution in [0.25, 0.3) is 0 Å². The lowest BCUT2D eigenvalue weighted by Crippen LogP contribution is -2.49. The lowest BCUT2D eigenvalue weighted by Gasteiger charge is -2.32. The maximum absolute atomic E-state index is 3.36. The molecule has 0 spiro atoms. The van der Waals surface area contributed by atoms with Crippen LogP contribution in [0.15, 0.2) is 0 Å². The van der Waals surface area contributed by atoms with E-state index in [9.17, 15) is 0 Å². The molecule has 2 aliphatic heterocycles. The maximum atomic E-state index is 3.36. The van der Waals surface area contributed by atoms with Gasteiger partial charge in [0.2, 0.25) is 0 Å². The van der Waals surface area contributed by atoms with Crippen molar-refractivity contribution in [1.82, 2.24) is 20.4 Å². The molecule has 0 aromatic rings. The minimum Gasteiger partial charge on any atom is -0.314 e. The van der Waals surface area contributed by atoms with Gasteiger partial charge in [-0.2, -0.15) is 0 Å². The molecule has 108 valence electrons. The van der Waals surface area contributed by atoms with Gasteiger partial charge in [0.25, 0.3) is 0 Å². The summed E-state index contributed by atoms with van der Waals surface area (Å²) in [5.41, 5.74) is 0. The Morgan fingerprint density at radius 2 is 1.22 bits per heavy atom. The summed E-state index contributed by atoms with van der Waals surface area (Å²) in [4.78, 5) is 4.99. The predicted octanol–water partition coefficient (Wildman–Crippen LogP) is 0.600. The predicted molar refractivity (Wildman–Crippen MR) is 79.2 cm³/mol. The van der Waals surface area contributed by atoms with Crippen molar-refractivity contribution in [2.24, 2.45) is 0 Å². The summed E-state index contributed by atoms with van der Waals surface area (Å²) >= 11 is 0. The molecule has 2 heterocycles. The average molecular weight is 256 g/mol. The molecule has 0 radical (unpaired) electrons. The Bertz CT molecular complexity index is 188. The topological polar surface area (TPSA) is 30.5 Å². The van der Waals surface area contributed by atoms with E-state index in [0.29, 0.717) is 0 Å². The van der Waals surface area contributed by atoms with Gasteiger partial charge in [-0.25, -0.2) is 0 Å². The Morgan fingerprint density at radius 1 is 0.833 bits per heavy atom. The quantitative estimate of drug-likeness (QED) is 0.757. The number of likely N-dealkylation sites (N-methyl/N-ethyl adjacent to an activating group) is 2. The molecule has 2 fully saturated rings. The fourth-order valence-electron chi connectivity index (χ4n) is 2.71. The van der Waals surface area contributed by atoms with Crippen LogP contribution in [0.4, 0.5) is 0 Å². The molecular weight excluding hydrogens is 224 g/mol. The molecule has 4 nitrogen and oxygen atoms in total. The molecule has 0 bridgehead atoms. The summed E-state index contributed by atoms with van der Waals surface area (Å²) in [6.45, 7) is 18.5. The standard InChI is InChI=1S/2C7H16N2/c2*1-3-9-5-4-8-6-7(9)2/h2*7-8H,3-6H2,1-2H3/t7-;/m0./s1. The first-order chi connectivity index (χ1) is 8.69. The summed E-state index contributed by atoms with van der Waals surface area (Å²) in [5.74, 6) is 0. The molecule has 2 aliphatic rings. The van der Waals surface area contributed by atoms with Crippen LogP contribution in [0.3, 0.4) is 0 Å². The fourth-order valence-corrected chi connectivity index (χ4v) is 2.71. The van der Waals surface area contributed by atoms with Gasteiger partial charge in [-0.1, -0.05) is 13.8 Å². The summed E-state index contributed by atoms with van der Waals surface area (Å²) in [7, 11) is 0. The van der Waals surface area contributed by atoms with E-state index in [0.717, 1.165) is 38.3 Å². The van der Waals surface area contributed by atoms with Crippen LogP contribution in [-0.4, -0.2) is 74.2 Å². The molecule has 0 amide bonds. The van der Waals surface area contributed by atoms with E-state index in [4.69, 9.17) is 0 Å². The normalized spacial score (nSPS) is 30.7. The van der Waals surface area contributed by atoms with Crippen molar-refractivity contribution in [2.45, 2.75) is 39.8 Å². The highest BCUT2D eigenvalue weighted by Gasteiger charge is 2.15. The van der Waals surface area contributed by atoms with Gasteiger partial charge in [-0.05, 0) is 26.9 Å². The lowest BCUT2D eigenvalue weighted by molar-refractivity contribution is 0.183. The molecule has 2 saturated heterocycles. The van der Waals surface area contributed by atoms with E-state index in [-0.39, 0.29) is 0 Å². The maximum Gasteiger partial charge on any atom is 0.0192 e. The Hall–Kier alpha value is -0.160. The number of piperazine rings is 2. The minimum atomic E-state index is 0.740. The van der Waals surface area contributed by atoms with E-state index in [1.165, 1.54) is 26.2 Å². The molecule has 2 N–H and O–H groups in total. The second-order valence-electron chi connectivity index (χ2n) is 5.36. The third kappa shape index (κ3) is 5.22. The third-order valence-electron chi connectivity index (χ3n) is 4.09. The van der Waals surface area contributed by atoms with Crippen LogP contribution < -0.4 is 10.6 Å². The summed E-state index contributed by atoms with van der Waals surface area (Å²) in [6, 6.07) is 1.48. The van der Waals surface area contributed by atoms with Crippen molar-refractivity contribution in [3.63, 3.8) is 0 Å². The highest BCUT2D eigenvalue weighted by molar-refractivity contribution is 4.74. The summed E-state index contributed by atoms with van der Waals surface area (Å²) < 4.78 is 0. The largest absolute Gasteiger partial charge is 0.314 e. The zero-order valence-corrected chi connectivity index (χ0v) is 12.7. The molecular formula is C14H32N4.